The molecule has 0 aliphatic heterocycles. The molecule has 0 fully saturated rings. The number of unbranched alkanes of at least 4 members (excludes halogenated alkanes) is 1. The van der Waals surface area contributed by atoms with Gasteiger partial charge in [0.1, 0.15) is 0 Å². The molecule has 13 heavy (non-hydrogen) atoms. The first-order valence-corrected chi connectivity index (χ1v) is 6.01. The monoisotopic (exact) mass is 246 g/mol. The second-order valence-electron chi connectivity index (χ2n) is 3.43. The van der Waals surface area contributed by atoms with Crippen LogP contribution in [0.25, 0.3) is 0 Å². The maximum Gasteiger partial charge on any atom is 0.0635 e. The van der Waals surface area contributed by atoms with Crippen LogP contribution in [0, 0.1) is 11.3 Å². The van der Waals surface area contributed by atoms with Crippen molar-refractivity contribution >= 4 is 15.9 Å². The molecule has 76 valence electrons. The van der Waals surface area contributed by atoms with Crippen molar-refractivity contribution in [2.24, 2.45) is 0 Å². The summed E-state index contributed by atoms with van der Waals surface area (Å²) in [5, 5.41) is 9.56. The van der Waals surface area contributed by atoms with Crippen LogP contribution in [0.2, 0.25) is 0 Å². The molecule has 0 heterocycles. The Labute approximate surface area is 90.0 Å². The molecule has 0 saturated carbocycles. The Morgan fingerprint density at radius 1 is 1.31 bits per heavy atom. The fourth-order valence-corrected chi connectivity index (χ4v) is 1.63. The number of nitrogens with zero attached hydrogens (tertiary/aromatic N) is 2. The van der Waals surface area contributed by atoms with Crippen LogP contribution < -0.4 is 0 Å². The van der Waals surface area contributed by atoms with E-state index in [2.05, 4.69) is 40.7 Å². The SMILES string of the molecule is CC(C)N(CCC#N)CCCCBr. The largest absolute Gasteiger partial charge is 0.300 e. The predicted molar refractivity (Wildman–Crippen MR) is 60.0 cm³/mol. The van der Waals surface area contributed by atoms with Crippen molar-refractivity contribution in [2.75, 3.05) is 18.4 Å². The van der Waals surface area contributed by atoms with Gasteiger partial charge < -0.3 is 0 Å². The number of rotatable bonds is 7. The van der Waals surface area contributed by atoms with Crippen LogP contribution in [0.1, 0.15) is 33.1 Å². The van der Waals surface area contributed by atoms with Gasteiger partial charge in [-0.15, -0.1) is 0 Å². The topological polar surface area (TPSA) is 27.0 Å². The Bertz CT molecular complexity index is 151. The second-order valence-corrected chi connectivity index (χ2v) is 4.23. The molecule has 0 N–H and O–H groups in total. The standard InChI is InChI=1S/C10H19BrN2/c1-10(2)13(9-5-7-12)8-4-3-6-11/h10H,3-6,8-9H2,1-2H3. The summed E-state index contributed by atoms with van der Waals surface area (Å²) in [4.78, 5) is 2.37. The molecule has 0 aromatic heterocycles. The summed E-state index contributed by atoms with van der Waals surface area (Å²) in [5.74, 6) is 0. The van der Waals surface area contributed by atoms with Crippen LogP contribution in [-0.2, 0) is 0 Å². The maximum absolute atomic E-state index is 8.48. The zero-order valence-electron chi connectivity index (χ0n) is 8.59. The molecule has 0 amide bonds. The molecule has 2 nitrogen and oxygen atoms in total. The van der Waals surface area contributed by atoms with Crippen molar-refractivity contribution in [3.63, 3.8) is 0 Å². The van der Waals surface area contributed by atoms with Crippen molar-refractivity contribution in [2.45, 2.75) is 39.2 Å². The highest BCUT2D eigenvalue weighted by Crippen LogP contribution is 2.03. The maximum atomic E-state index is 8.48. The first-order valence-electron chi connectivity index (χ1n) is 4.89. The van der Waals surface area contributed by atoms with Gasteiger partial charge in [0.05, 0.1) is 6.07 Å². The van der Waals surface area contributed by atoms with E-state index in [4.69, 9.17) is 5.26 Å². The smallest absolute Gasteiger partial charge is 0.0635 e. The molecule has 0 bridgehead atoms. The minimum absolute atomic E-state index is 0.559. The molecule has 3 heteroatoms. The van der Waals surface area contributed by atoms with E-state index in [0.717, 1.165) is 18.4 Å². The van der Waals surface area contributed by atoms with Gasteiger partial charge in [-0.25, -0.2) is 0 Å². The average Bonchev–Trinajstić information content (AvgIpc) is 2.10. The highest BCUT2D eigenvalue weighted by atomic mass is 79.9. The molecular formula is C10H19BrN2. The molecule has 0 aliphatic rings. The van der Waals surface area contributed by atoms with E-state index in [1.807, 2.05) is 0 Å². The third-order valence-electron chi connectivity index (χ3n) is 2.07. The lowest BCUT2D eigenvalue weighted by Gasteiger charge is -2.25. The third kappa shape index (κ3) is 7.04. The van der Waals surface area contributed by atoms with Gasteiger partial charge in [-0.05, 0) is 33.2 Å². The Balaban J connectivity index is 3.62. The van der Waals surface area contributed by atoms with E-state index in [0.29, 0.717) is 12.5 Å². The van der Waals surface area contributed by atoms with Crippen LogP contribution in [-0.4, -0.2) is 29.4 Å². The van der Waals surface area contributed by atoms with E-state index in [-0.39, 0.29) is 0 Å². The van der Waals surface area contributed by atoms with Crippen molar-refractivity contribution < 1.29 is 0 Å². The summed E-state index contributed by atoms with van der Waals surface area (Å²) in [7, 11) is 0. The summed E-state index contributed by atoms with van der Waals surface area (Å²) in [6.07, 6.45) is 3.08. The molecular weight excluding hydrogens is 228 g/mol. The van der Waals surface area contributed by atoms with Gasteiger partial charge in [-0.2, -0.15) is 5.26 Å². The highest BCUT2D eigenvalue weighted by molar-refractivity contribution is 9.09. The molecule has 0 saturated heterocycles. The molecule has 0 atom stereocenters. The van der Waals surface area contributed by atoms with E-state index in [1.54, 1.807) is 0 Å². The van der Waals surface area contributed by atoms with E-state index < -0.39 is 0 Å². The van der Waals surface area contributed by atoms with Gasteiger partial charge in [0, 0.05) is 24.3 Å². The third-order valence-corrected chi connectivity index (χ3v) is 2.63. The van der Waals surface area contributed by atoms with Crippen molar-refractivity contribution in [1.82, 2.24) is 4.90 Å². The van der Waals surface area contributed by atoms with E-state index >= 15 is 0 Å². The first-order chi connectivity index (χ1) is 6.22. The molecule has 0 radical (unpaired) electrons. The lowest BCUT2D eigenvalue weighted by molar-refractivity contribution is 0.223. The van der Waals surface area contributed by atoms with Gasteiger partial charge >= 0.3 is 0 Å². The quantitative estimate of drug-likeness (QED) is 0.511. The van der Waals surface area contributed by atoms with Gasteiger partial charge in [0.2, 0.25) is 0 Å². The van der Waals surface area contributed by atoms with Gasteiger partial charge in [0.25, 0.3) is 0 Å². The van der Waals surface area contributed by atoms with Gasteiger partial charge in [0.15, 0.2) is 0 Å². The lowest BCUT2D eigenvalue weighted by atomic mass is 10.2. The Hall–Kier alpha value is -0.0700. The summed E-state index contributed by atoms with van der Waals surface area (Å²) in [6.45, 7) is 6.40. The fraction of sp³-hybridized carbons (Fsp3) is 0.900. The summed E-state index contributed by atoms with van der Waals surface area (Å²) in [6, 6.07) is 2.75. The number of hydrogen-bond acceptors (Lipinski definition) is 2. The highest BCUT2D eigenvalue weighted by Gasteiger charge is 2.07. The fourth-order valence-electron chi connectivity index (χ4n) is 1.23. The van der Waals surface area contributed by atoms with Crippen LogP contribution in [0.3, 0.4) is 0 Å². The minimum Gasteiger partial charge on any atom is -0.300 e. The minimum atomic E-state index is 0.559. The first kappa shape index (κ1) is 12.9. The zero-order chi connectivity index (χ0) is 10.1. The molecule has 0 aromatic rings. The predicted octanol–water partition coefficient (Wildman–Crippen LogP) is 2.79. The van der Waals surface area contributed by atoms with Gasteiger partial charge in [-0.1, -0.05) is 15.9 Å². The van der Waals surface area contributed by atoms with Crippen molar-refractivity contribution in [1.29, 1.82) is 5.26 Å². The normalized spacial score (nSPS) is 10.8. The molecule has 0 rings (SSSR count). The average molecular weight is 247 g/mol. The Kier molecular flexibility index (Phi) is 8.48. The van der Waals surface area contributed by atoms with Crippen LogP contribution in [0.5, 0.6) is 0 Å². The van der Waals surface area contributed by atoms with E-state index in [1.165, 1.54) is 12.8 Å². The Morgan fingerprint density at radius 2 is 2.00 bits per heavy atom. The zero-order valence-corrected chi connectivity index (χ0v) is 10.2. The second kappa shape index (κ2) is 8.52. The molecule has 0 aromatic carbocycles. The molecule has 0 spiro atoms. The number of halogens is 1. The Morgan fingerprint density at radius 3 is 2.46 bits per heavy atom. The van der Waals surface area contributed by atoms with Crippen molar-refractivity contribution in [3.05, 3.63) is 0 Å². The van der Waals surface area contributed by atoms with Crippen LogP contribution in [0.15, 0.2) is 0 Å². The summed E-state index contributed by atoms with van der Waals surface area (Å²) >= 11 is 3.42. The van der Waals surface area contributed by atoms with Crippen molar-refractivity contribution in [3.8, 4) is 6.07 Å². The lowest BCUT2D eigenvalue weighted by Crippen LogP contribution is -2.32. The summed E-state index contributed by atoms with van der Waals surface area (Å²) < 4.78 is 0. The number of nitriles is 1. The van der Waals surface area contributed by atoms with Crippen LogP contribution in [0.4, 0.5) is 0 Å². The van der Waals surface area contributed by atoms with E-state index in [9.17, 15) is 0 Å². The molecule has 0 unspecified atom stereocenters. The van der Waals surface area contributed by atoms with Crippen LogP contribution >= 0.6 is 15.9 Å². The molecule has 0 aliphatic carbocycles. The number of alkyl halides is 1. The summed E-state index contributed by atoms with van der Waals surface area (Å²) in [5.41, 5.74) is 0. The van der Waals surface area contributed by atoms with Gasteiger partial charge in [-0.3, -0.25) is 4.90 Å². The number of hydrogen-bond donors (Lipinski definition) is 0.